The molecule has 1 saturated heterocycles. The average molecular weight is 257 g/mol. The Bertz CT molecular complexity index is 319. The summed E-state index contributed by atoms with van der Waals surface area (Å²) in [7, 11) is 0. The number of hydrogen-bond acceptors (Lipinski definition) is 2. The maximum absolute atomic E-state index is 9.86. The van der Waals surface area contributed by atoms with E-state index in [0.29, 0.717) is 11.7 Å². The Morgan fingerprint density at radius 2 is 2.00 bits per heavy atom. The van der Waals surface area contributed by atoms with Crippen molar-refractivity contribution in [2.24, 2.45) is 0 Å². The molecule has 0 radical (unpaired) electrons. The number of para-hydroxylation sites is 1. The topological polar surface area (TPSA) is 29.5 Å². The molecule has 1 aromatic rings. The second-order valence-electron chi connectivity index (χ2n) is 3.56. The molecule has 1 N–H and O–H groups in total. The number of ether oxygens (including phenoxy) is 1. The zero-order valence-corrected chi connectivity index (χ0v) is 9.46. The van der Waals surface area contributed by atoms with Crippen LogP contribution in [-0.2, 0) is 4.74 Å². The highest BCUT2D eigenvalue weighted by Crippen LogP contribution is 2.36. The van der Waals surface area contributed by atoms with E-state index in [2.05, 4.69) is 15.9 Å². The first-order valence-electron chi connectivity index (χ1n) is 4.84. The Kier molecular flexibility index (Phi) is 3.08. The van der Waals surface area contributed by atoms with Crippen LogP contribution < -0.4 is 0 Å². The number of phenolic OH excluding ortho intramolecular Hbond substituents is 1. The molecule has 0 saturated carbocycles. The molecule has 14 heavy (non-hydrogen) atoms. The van der Waals surface area contributed by atoms with Gasteiger partial charge in [0.2, 0.25) is 0 Å². The molecule has 1 aromatic carbocycles. The lowest BCUT2D eigenvalue weighted by atomic mass is 9.91. The first kappa shape index (κ1) is 9.99. The Morgan fingerprint density at radius 3 is 2.71 bits per heavy atom. The van der Waals surface area contributed by atoms with E-state index in [-0.39, 0.29) is 0 Å². The van der Waals surface area contributed by atoms with Crippen LogP contribution in [0.2, 0.25) is 0 Å². The molecule has 0 unspecified atom stereocenters. The van der Waals surface area contributed by atoms with Gasteiger partial charge in [-0.1, -0.05) is 12.1 Å². The Morgan fingerprint density at radius 1 is 1.29 bits per heavy atom. The second kappa shape index (κ2) is 4.32. The van der Waals surface area contributed by atoms with Gasteiger partial charge in [-0.25, -0.2) is 0 Å². The van der Waals surface area contributed by atoms with Crippen molar-refractivity contribution in [1.29, 1.82) is 0 Å². The van der Waals surface area contributed by atoms with Crippen LogP contribution in [0.3, 0.4) is 0 Å². The number of rotatable bonds is 1. The zero-order valence-electron chi connectivity index (χ0n) is 7.87. The first-order valence-corrected chi connectivity index (χ1v) is 5.63. The van der Waals surface area contributed by atoms with Crippen molar-refractivity contribution in [2.75, 3.05) is 13.2 Å². The summed E-state index contributed by atoms with van der Waals surface area (Å²) in [5.41, 5.74) is 1.04. The second-order valence-corrected chi connectivity index (χ2v) is 4.42. The van der Waals surface area contributed by atoms with Crippen LogP contribution >= 0.6 is 15.9 Å². The van der Waals surface area contributed by atoms with Gasteiger partial charge in [-0.15, -0.1) is 0 Å². The molecule has 0 aliphatic carbocycles. The molecule has 2 nitrogen and oxygen atoms in total. The Labute approximate surface area is 92.0 Å². The Hall–Kier alpha value is -0.540. The lowest BCUT2D eigenvalue weighted by molar-refractivity contribution is 0.0848. The highest BCUT2D eigenvalue weighted by Gasteiger charge is 2.19. The largest absolute Gasteiger partial charge is 0.506 e. The van der Waals surface area contributed by atoms with Crippen LogP contribution in [-0.4, -0.2) is 18.3 Å². The van der Waals surface area contributed by atoms with Gasteiger partial charge in [0.25, 0.3) is 0 Å². The molecule has 76 valence electrons. The van der Waals surface area contributed by atoms with Crippen LogP contribution in [0.25, 0.3) is 0 Å². The third-order valence-corrected chi connectivity index (χ3v) is 3.32. The van der Waals surface area contributed by atoms with Gasteiger partial charge < -0.3 is 9.84 Å². The SMILES string of the molecule is Oc1c(Br)cccc1C1CCOCC1. The van der Waals surface area contributed by atoms with E-state index < -0.39 is 0 Å². The van der Waals surface area contributed by atoms with Crippen molar-refractivity contribution in [3.05, 3.63) is 28.2 Å². The summed E-state index contributed by atoms with van der Waals surface area (Å²) < 4.78 is 6.08. The van der Waals surface area contributed by atoms with Crippen molar-refractivity contribution in [3.8, 4) is 5.75 Å². The van der Waals surface area contributed by atoms with Crippen LogP contribution in [0.4, 0.5) is 0 Å². The van der Waals surface area contributed by atoms with Gasteiger partial charge in [0, 0.05) is 13.2 Å². The van der Waals surface area contributed by atoms with Crippen LogP contribution in [0.15, 0.2) is 22.7 Å². The van der Waals surface area contributed by atoms with Gasteiger partial charge in [-0.2, -0.15) is 0 Å². The van der Waals surface area contributed by atoms with Gasteiger partial charge in [-0.3, -0.25) is 0 Å². The molecule has 0 amide bonds. The molecule has 3 heteroatoms. The first-order chi connectivity index (χ1) is 6.79. The molecule has 1 heterocycles. The molecular weight excluding hydrogens is 244 g/mol. The zero-order chi connectivity index (χ0) is 9.97. The number of phenols is 1. The number of aromatic hydroxyl groups is 1. The van der Waals surface area contributed by atoms with E-state index in [9.17, 15) is 5.11 Å². The van der Waals surface area contributed by atoms with Crippen molar-refractivity contribution in [2.45, 2.75) is 18.8 Å². The normalized spacial score (nSPS) is 18.4. The molecule has 0 bridgehead atoms. The fourth-order valence-electron chi connectivity index (χ4n) is 1.87. The summed E-state index contributed by atoms with van der Waals surface area (Å²) in [6, 6.07) is 5.82. The van der Waals surface area contributed by atoms with Gasteiger partial charge in [0.05, 0.1) is 4.47 Å². The summed E-state index contributed by atoms with van der Waals surface area (Å²) in [6.07, 6.45) is 2.01. The van der Waals surface area contributed by atoms with E-state index in [4.69, 9.17) is 4.74 Å². The van der Waals surface area contributed by atoms with Crippen molar-refractivity contribution in [1.82, 2.24) is 0 Å². The average Bonchev–Trinajstić information content (AvgIpc) is 2.23. The van der Waals surface area contributed by atoms with E-state index in [0.717, 1.165) is 36.1 Å². The summed E-state index contributed by atoms with van der Waals surface area (Å²) in [4.78, 5) is 0. The standard InChI is InChI=1S/C11H13BrO2/c12-10-3-1-2-9(11(10)13)8-4-6-14-7-5-8/h1-3,8,13H,4-7H2. The van der Waals surface area contributed by atoms with E-state index >= 15 is 0 Å². The van der Waals surface area contributed by atoms with Crippen molar-refractivity contribution < 1.29 is 9.84 Å². The predicted octanol–water partition coefficient (Wildman–Crippen LogP) is 3.05. The maximum atomic E-state index is 9.86. The van der Waals surface area contributed by atoms with E-state index in [1.165, 1.54) is 0 Å². The highest BCUT2D eigenvalue weighted by atomic mass is 79.9. The van der Waals surface area contributed by atoms with Crippen molar-refractivity contribution in [3.63, 3.8) is 0 Å². The predicted molar refractivity (Wildman–Crippen MR) is 58.6 cm³/mol. The minimum Gasteiger partial charge on any atom is -0.506 e. The molecule has 2 rings (SSSR count). The summed E-state index contributed by atoms with van der Waals surface area (Å²) in [6.45, 7) is 1.60. The van der Waals surface area contributed by atoms with Crippen molar-refractivity contribution >= 4 is 15.9 Å². The fourth-order valence-corrected chi connectivity index (χ4v) is 2.25. The van der Waals surface area contributed by atoms with E-state index in [1.807, 2.05) is 18.2 Å². The Balaban J connectivity index is 2.26. The molecule has 1 aliphatic rings. The minimum atomic E-state index is 0.388. The molecule has 0 spiro atoms. The molecule has 0 aromatic heterocycles. The lowest BCUT2D eigenvalue weighted by Gasteiger charge is -2.23. The van der Waals surface area contributed by atoms with Gasteiger partial charge in [0.1, 0.15) is 5.75 Å². The molecular formula is C11H13BrO2. The number of benzene rings is 1. The monoisotopic (exact) mass is 256 g/mol. The summed E-state index contributed by atoms with van der Waals surface area (Å²) in [5.74, 6) is 0.834. The third kappa shape index (κ3) is 1.93. The molecule has 1 fully saturated rings. The number of halogens is 1. The fraction of sp³-hybridized carbons (Fsp3) is 0.455. The highest BCUT2D eigenvalue weighted by molar-refractivity contribution is 9.10. The number of hydrogen-bond donors (Lipinski definition) is 1. The van der Waals surface area contributed by atoms with Gasteiger partial charge in [0.15, 0.2) is 0 Å². The van der Waals surface area contributed by atoms with Crippen LogP contribution in [0, 0.1) is 0 Å². The van der Waals surface area contributed by atoms with Gasteiger partial charge >= 0.3 is 0 Å². The van der Waals surface area contributed by atoms with E-state index in [1.54, 1.807) is 0 Å². The lowest BCUT2D eigenvalue weighted by Crippen LogP contribution is -2.14. The summed E-state index contributed by atoms with van der Waals surface area (Å²) in [5, 5.41) is 9.86. The smallest absolute Gasteiger partial charge is 0.133 e. The summed E-state index contributed by atoms with van der Waals surface area (Å²) >= 11 is 3.33. The maximum Gasteiger partial charge on any atom is 0.133 e. The minimum absolute atomic E-state index is 0.388. The van der Waals surface area contributed by atoms with Crippen LogP contribution in [0.1, 0.15) is 24.3 Å². The van der Waals surface area contributed by atoms with Crippen LogP contribution in [0.5, 0.6) is 5.75 Å². The molecule has 0 atom stereocenters. The quantitative estimate of drug-likeness (QED) is 0.837. The van der Waals surface area contributed by atoms with Gasteiger partial charge in [-0.05, 0) is 46.3 Å². The molecule has 1 aliphatic heterocycles. The third-order valence-electron chi connectivity index (χ3n) is 2.68.